The third-order valence-corrected chi connectivity index (χ3v) is 3.79. The largest absolute Gasteiger partial charge is 0.352 e. The zero-order chi connectivity index (χ0) is 14.4. The molecule has 0 aromatic carbocycles. The second kappa shape index (κ2) is 7.48. The Morgan fingerprint density at radius 2 is 1.79 bits per heavy atom. The summed E-state index contributed by atoms with van der Waals surface area (Å²) in [5, 5.41) is 3.02. The first kappa shape index (κ1) is 16.0. The van der Waals surface area contributed by atoms with Gasteiger partial charge in [0, 0.05) is 39.1 Å². The van der Waals surface area contributed by atoms with Crippen LogP contribution in [0, 0.1) is 5.92 Å². The van der Waals surface area contributed by atoms with Crippen molar-refractivity contribution < 1.29 is 9.59 Å². The van der Waals surface area contributed by atoms with Crippen LogP contribution in [-0.2, 0) is 9.59 Å². The van der Waals surface area contributed by atoms with Crippen LogP contribution in [0.3, 0.4) is 0 Å². The average Bonchev–Trinajstić information content (AvgIpc) is 2.54. The molecule has 0 saturated carbocycles. The highest BCUT2D eigenvalue weighted by Gasteiger charge is 2.19. The minimum Gasteiger partial charge on any atom is -0.352 e. The van der Waals surface area contributed by atoms with Crippen molar-refractivity contribution in [1.82, 2.24) is 15.1 Å². The predicted octanol–water partition coefficient (Wildman–Crippen LogP) is 0.701. The maximum Gasteiger partial charge on any atom is 0.234 e. The Balaban J connectivity index is 2.37. The van der Waals surface area contributed by atoms with Gasteiger partial charge in [-0.05, 0) is 19.3 Å². The molecule has 1 unspecified atom stereocenters. The van der Waals surface area contributed by atoms with Crippen molar-refractivity contribution in [3.63, 3.8) is 0 Å². The Morgan fingerprint density at radius 3 is 2.37 bits per heavy atom. The fourth-order valence-electron chi connectivity index (χ4n) is 2.11. The Labute approximate surface area is 116 Å². The van der Waals surface area contributed by atoms with Gasteiger partial charge in [0.2, 0.25) is 11.8 Å². The third-order valence-electron chi connectivity index (χ3n) is 3.79. The third kappa shape index (κ3) is 5.59. The Hall–Kier alpha value is -1.10. The molecule has 1 rings (SSSR count). The number of nitrogens with zero attached hydrogens (tertiary/aromatic N) is 2. The molecular weight excluding hydrogens is 242 g/mol. The van der Waals surface area contributed by atoms with Gasteiger partial charge in [-0.15, -0.1) is 0 Å². The molecule has 0 aromatic rings. The molecule has 5 heteroatoms. The van der Waals surface area contributed by atoms with E-state index in [9.17, 15) is 9.59 Å². The number of rotatable bonds is 4. The van der Waals surface area contributed by atoms with Crippen molar-refractivity contribution in [3.05, 3.63) is 0 Å². The van der Waals surface area contributed by atoms with E-state index < -0.39 is 0 Å². The minimum atomic E-state index is 0.0810. The molecule has 0 aromatic heterocycles. The lowest BCUT2D eigenvalue weighted by Gasteiger charge is -2.23. The maximum absolute atomic E-state index is 11.9. The van der Waals surface area contributed by atoms with Crippen LogP contribution in [0.2, 0.25) is 0 Å². The quantitative estimate of drug-likeness (QED) is 0.817. The molecule has 1 saturated heterocycles. The van der Waals surface area contributed by atoms with Gasteiger partial charge in [-0.25, -0.2) is 0 Å². The first-order valence-electron chi connectivity index (χ1n) is 7.17. The lowest BCUT2D eigenvalue weighted by Crippen LogP contribution is -2.44. The highest BCUT2D eigenvalue weighted by Crippen LogP contribution is 2.04. The van der Waals surface area contributed by atoms with Gasteiger partial charge in [-0.3, -0.25) is 14.5 Å². The zero-order valence-electron chi connectivity index (χ0n) is 12.6. The fraction of sp³-hybridized carbons (Fsp3) is 0.857. The molecule has 110 valence electrons. The number of hydrogen-bond acceptors (Lipinski definition) is 3. The van der Waals surface area contributed by atoms with Gasteiger partial charge in [0.1, 0.15) is 0 Å². The summed E-state index contributed by atoms with van der Waals surface area (Å²) >= 11 is 0. The van der Waals surface area contributed by atoms with Crippen LogP contribution in [0.25, 0.3) is 0 Å². The number of nitrogens with one attached hydrogen (secondary N) is 1. The van der Waals surface area contributed by atoms with E-state index in [1.165, 1.54) is 0 Å². The number of carbonyl (C=O) groups is 2. The summed E-state index contributed by atoms with van der Waals surface area (Å²) in [6.07, 6.45) is 0.937. The summed E-state index contributed by atoms with van der Waals surface area (Å²) in [5.74, 6) is 0.651. The molecule has 1 atom stereocenters. The molecule has 0 bridgehead atoms. The van der Waals surface area contributed by atoms with E-state index in [-0.39, 0.29) is 17.9 Å². The monoisotopic (exact) mass is 269 g/mol. The maximum atomic E-state index is 11.9. The van der Waals surface area contributed by atoms with Gasteiger partial charge < -0.3 is 10.2 Å². The number of amides is 2. The molecule has 5 nitrogen and oxygen atoms in total. The second-order valence-corrected chi connectivity index (χ2v) is 5.74. The van der Waals surface area contributed by atoms with Crippen molar-refractivity contribution in [2.75, 3.05) is 32.7 Å². The lowest BCUT2D eigenvalue weighted by molar-refractivity contribution is -0.128. The van der Waals surface area contributed by atoms with Gasteiger partial charge in [0.15, 0.2) is 0 Å². The van der Waals surface area contributed by atoms with E-state index in [2.05, 4.69) is 24.1 Å². The van der Waals surface area contributed by atoms with Crippen LogP contribution < -0.4 is 5.32 Å². The van der Waals surface area contributed by atoms with Crippen molar-refractivity contribution >= 4 is 11.8 Å². The van der Waals surface area contributed by atoms with Crippen molar-refractivity contribution in [2.24, 2.45) is 5.92 Å². The SMILES string of the molecule is CC(=O)N1CCCN(CC(=O)NC(C)C(C)C)CC1. The highest BCUT2D eigenvalue weighted by molar-refractivity contribution is 5.78. The van der Waals surface area contributed by atoms with Gasteiger partial charge in [-0.2, -0.15) is 0 Å². The van der Waals surface area contributed by atoms with Gasteiger partial charge in [0.25, 0.3) is 0 Å². The van der Waals surface area contributed by atoms with Gasteiger partial charge in [-0.1, -0.05) is 13.8 Å². The van der Waals surface area contributed by atoms with Crippen LogP contribution in [-0.4, -0.2) is 60.4 Å². The molecule has 1 aliphatic rings. The van der Waals surface area contributed by atoms with E-state index >= 15 is 0 Å². The highest BCUT2D eigenvalue weighted by atomic mass is 16.2. The van der Waals surface area contributed by atoms with Crippen molar-refractivity contribution in [1.29, 1.82) is 0 Å². The smallest absolute Gasteiger partial charge is 0.234 e. The molecule has 2 amide bonds. The van der Waals surface area contributed by atoms with Crippen molar-refractivity contribution in [3.8, 4) is 0 Å². The normalized spacial score (nSPS) is 19.1. The summed E-state index contributed by atoms with van der Waals surface area (Å²) < 4.78 is 0. The van der Waals surface area contributed by atoms with Crippen LogP contribution in [0.5, 0.6) is 0 Å². The van der Waals surface area contributed by atoms with Crippen molar-refractivity contribution in [2.45, 2.75) is 40.2 Å². The standard InChI is InChI=1S/C14H27N3O2/c1-11(2)12(3)15-14(19)10-16-6-5-7-17(9-8-16)13(4)18/h11-12H,5-10H2,1-4H3,(H,15,19). The minimum absolute atomic E-state index is 0.0810. The Kier molecular flexibility index (Phi) is 6.28. The van der Waals surface area contributed by atoms with Crippen LogP contribution in [0.15, 0.2) is 0 Å². The molecule has 19 heavy (non-hydrogen) atoms. The zero-order valence-corrected chi connectivity index (χ0v) is 12.6. The summed E-state index contributed by atoms with van der Waals surface area (Å²) in [5.41, 5.74) is 0. The molecule has 0 spiro atoms. The molecule has 0 aliphatic carbocycles. The topological polar surface area (TPSA) is 52.7 Å². The van der Waals surface area contributed by atoms with Crippen LogP contribution >= 0.6 is 0 Å². The summed E-state index contributed by atoms with van der Waals surface area (Å²) in [6, 6.07) is 0.202. The molecular formula is C14H27N3O2. The first-order valence-corrected chi connectivity index (χ1v) is 7.17. The fourth-order valence-corrected chi connectivity index (χ4v) is 2.11. The first-order chi connectivity index (χ1) is 8.90. The molecule has 1 heterocycles. The van der Waals surface area contributed by atoms with E-state index in [1.54, 1.807) is 6.92 Å². The Bertz CT molecular complexity index is 318. The molecule has 1 N–H and O–H groups in total. The molecule has 0 radical (unpaired) electrons. The van der Waals surface area contributed by atoms with E-state index in [0.717, 1.165) is 32.6 Å². The van der Waals surface area contributed by atoms with Gasteiger partial charge >= 0.3 is 0 Å². The van der Waals surface area contributed by atoms with E-state index in [4.69, 9.17) is 0 Å². The molecule has 1 fully saturated rings. The number of carbonyl (C=O) groups excluding carboxylic acids is 2. The Morgan fingerprint density at radius 1 is 1.11 bits per heavy atom. The lowest BCUT2D eigenvalue weighted by atomic mass is 10.1. The summed E-state index contributed by atoms with van der Waals surface area (Å²) in [7, 11) is 0. The molecule has 1 aliphatic heterocycles. The van der Waals surface area contributed by atoms with E-state index in [1.807, 2.05) is 11.8 Å². The summed E-state index contributed by atoms with van der Waals surface area (Å²) in [6.45, 7) is 11.5. The summed E-state index contributed by atoms with van der Waals surface area (Å²) in [4.78, 5) is 27.2. The predicted molar refractivity (Wildman–Crippen MR) is 75.8 cm³/mol. The average molecular weight is 269 g/mol. The second-order valence-electron chi connectivity index (χ2n) is 5.74. The van der Waals surface area contributed by atoms with Crippen LogP contribution in [0.1, 0.15) is 34.1 Å². The van der Waals surface area contributed by atoms with Gasteiger partial charge in [0.05, 0.1) is 6.54 Å². The number of hydrogen-bond donors (Lipinski definition) is 1. The van der Waals surface area contributed by atoms with E-state index in [0.29, 0.717) is 12.5 Å². The van der Waals surface area contributed by atoms with Crippen LogP contribution in [0.4, 0.5) is 0 Å².